The van der Waals surface area contributed by atoms with E-state index in [2.05, 4.69) is 11.4 Å². The number of nitriles is 1. The van der Waals surface area contributed by atoms with Gasteiger partial charge in [-0.3, -0.25) is 0 Å². The van der Waals surface area contributed by atoms with Gasteiger partial charge in [-0.15, -0.1) is 0 Å². The van der Waals surface area contributed by atoms with Crippen molar-refractivity contribution in [1.82, 2.24) is 0 Å². The van der Waals surface area contributed by atoms with Crippen LogP contribution >= 0.6 is 0 Å². The second-order valence-electron chi connectivity index (χ2n) is 5.02. The van der Waals surface area contributed by atoms with E-state index in [0.29, 0.717) is 0 Å². The highest BCUT2D eigenvalue weighted by molar-refractivity contribution is 5.00. The van der Waals surface area contributed by atoms with Crippen molar-refractivity contribution in [3.8, 4) is 6.07 Å². The Morgan fingerprint density at radius 1 is 1.25 bits per heavy atom. The molecule has 0 aromatic carbocycles. The number of halogens is 1. The van der Waals surface area contributed by atoms with Crippen LogP contribution in [0.25, 0.3) is 0 Å². The summed E-state index contributed by atoms with van der Waals surface area (Å²) in [6.07, 6.45) is 5.60. The van der Waals surface area contributed by atoms with E-state index in [0.717, 1.165) is 64.3 Å². The highest BCUT2D eigenvalue weighted by Gasteiger charge is 2.36. The fourth-order valence-electron chi connectivity index (χ4n) is 2.89. The lowest BCUT2D eigenvalue weighted by molar-refractivity contribution is -0.666. The number of quaternary nitrogens is 1. The largest absolute Gasteiger partial charge is 1.00 e. The van der Waals surface area contributed by atoms with Gasteiger partial charge in [0.1, 0.15) is 0 Å². The van der Waals surface area contributed by atoms with Gasteiger partial charge in [0.05, 0.1) is 24.6 Å². The van der Waals surface area contributed by atoms with Gasteiger partial charge in [0.2, 0.25) is 0 Å². The van der Waals surface area contributed by atoms with Crippen molar-refractivity contribution < 1.29 is 22.5 Å². The molecule has 16 heavy (non-hydrogen) atoms. The molecular weight excluding hydrogens is 224 g/mol. The molecule has 2 saturated heterocycles. The summed E-state index contributed by atoms with van der Waals surface area (Å²) in [4.78, 5) is 0. The molecule has 0 bridgehead atoms. The fraction of sp³-hybridized carbons (Fsp3) is 0.917. The van der Waals surface area contributed by atoms with Crippen LogP contribution in [0.4, 0.5) is 0 Å². The van der Waals surface area contributed by atoms with Crippen LogP contribution in [-0.4, -0.2) is 26.3 Å². The maximum atomic E-state index is 9.38. The van der Waals surface area contributed by atoms with E-state index in [1.807, 2.05) is 0 Å². The van der Waals surface area contributed by atoms with Gasteiger partial charge in [-0.25, -0.2) is 0 Å². The summed E-state index contributed by atoms with van der Waals surface area (Å²) in [5, 5.41) is 11.7. The van der Waals surface area contributed by atoms with Crippen LogP contribution in [0.2, 0.25) is 0 Å². The summed E-state index contributed by atoms with van der Waals surface area (Å²) in [5.74, 6) is 0.733. The van der Waals surface area contributed by atoms with E-state index in [9.17, 15) is 5.26 Å². The number of hydrogen-bond acceptors (Lipinski definition) is 2. The Labute approximate surface area is 104 Å². The zero-order valence-electron chi connectivity index (χ0n) is 9.75. The fourth-order valence-corrected chi connectivity index (χ4v) is 2.89. The average molecular weight is 245 g/mol. The zero-order chi connectivity index (χ0) is 10.6. The lowest BCUT2D eigenvalue weighted by atomic mass is 9.72. The molecule has 92 valence electrons. The Balaban J connectivity index is 0.00000128. The van der Waals surface area contributed by atoms with E-state index < -0.39 is 0 Å². The molecule has 0 radical (unpaired) electrons. The molecule has 0 unspecified atom stereocenters. The number of ether oxygens (including phenoxy) is 1. The molecule has 0 atom stereocenters. The molecule has 0 aromatic heterocycles. The van der Waals surface area contributed by atoms with Gasteiger partial charge >= 0.3 is 0 Å². The third-order valence-electron chi connectivity index (χ3n) is 3.91. The normalized spacial score (nSPS) is 25.4. The van der Waals surface area contributed by atoms with Crippen molar-refractivity contribution in [3.63, 3.8) is 0 Å². The van der Waals surface area contributed by atoms with Crippen molar-refractivity contribution in [3.05, 3.63) is 0 Å². The Bertz CT molecular complexity index is 240. The Kier molecular flexibility index (Phi) is 5.54. The molecule has 2 heterocycles. The molecule has 0 amide bonds. The lowest BCUT2D eigenvalue weighted by Gasteiger charge is -2.34. The maximum absolute atomic E-state index is 9.38. The smallest absolute Gasteiger partial charge is 0.0770 e. The van der Waals surface area contributed by atoms with E-state index >= 15 is 0 Å². The summed E-state index contributed by atoms with van der Waals surface area (Å²) in [6.45, 7) is 4.07. The molecule has 0 aliphatic carbocycles. The van der Waals surface area contributed by atoms with Crippen LogP contribution in [0.1, 0.15) is 32.1 Å². The minimum Gasteiger partial charge on any atom is -1.00 e. The molecule has 0 spiro atoms. The first-order valence-electron chi connectivity index (χ1n) is 6.15. The Morgan fingerprint density at radius 2 is 1.88 bits per heavy atom. The van der Waals surface area contributed by atoms with E-state index in [-0.39, 0.29) is 17.8 Å². The van der Waals surface area contributed by atoms with Gasteiger partial charge in [-0.1, -0.05) is 0 Å². The highest BCUT2D eigenvalue weighted by Crippen LogP contribution is 2.36. The second-order valence-corrected chi connectivity index (χ2v) is 5.02. The molecule has 2 fully saturated rings. The van der Waals surface area contributed by atoms with Gasteiger partial charge in [0.15, 0.2) is 0 Å². The minimum absolute atomic E-state index is 0. The van der Waals surface area contributed by atoms with Crippen molar-refractivity contribution in [2.24, 2.45) is 11.3 Å². The number of rotatable bonds is 2. The van der Waals surface area contributed by atoms with Crippen LogP contribution in [0.3, 0.4) is 0 Å². The highest BCUT2D eigenvalue weighted by atomic mass is 35.5. The second kappa shape index (κ2) is 6.44. The number of hydrogen-bond donors (Lipinski definition) is 1. The first kappa shape index (κ1) is 13.8. The molecule has 0 saturated carbocycles. The summed E-state index contributed by atoms with van der Waals surface area (Å²) < 4.78 is 5.37. The predicted octanol–water partition coefficient (Wildman–Crippen LogP) is -2.33. The summed E-state index contributed by atoms with van der Waals surface area (Å²) in [5.41, 5.74) is -0.00322. The summed E-state index contributed by atoms with van der Waals surface area (Å²) in [6, 6.07) is 2.60. The standard InChI is InChI=1S/C12H20N2O.ClH/c13-10-12(3-5-14-6-4-12)9-11-1-7-15-8-2-11;/h11,14H,1-9H2;1H. The number of nitrogens with two attached hydrogens (primary N) is 1. The van der Waals surface area contributed by atoms with Crippen molar-refractivity contribution in [2.45, 2.75) is 32.1 Å². The average Bonchev–Trinajstić information content (AvgIpc) is 2.32. The predicted molar refractivity (Wildman–Crippen MR) is 57.1 cm³/mol. The third kappa shape index (κ3) is 3.35. The molecule has 2 aliphatic heterocycles. The van der Waals surface area contributed by atoms with E-state index in [1.165, 1.54) is 0 Å². The lowest BCUT2D eigenvalue weighted by Crippen LogP contribution is -3.00. The van der Waals surface area contributed by atoms with Gasteiger partial charge < -0.3 is 22.5 Å². The van der Waals surface area contributed by atoms with Gasteiger partial charge in [-0.05, 0) is 25.2 Å². The maximum Gasteiger partial charge on any atom is 0.0770 e. The van der Waals surface area contributed by atoms with E-state index in [4.69, 9.17) is 4.74 Å². The molecule has 3 nitrogen and oxygen atoms in total. The first-order valence-corrected chi connectivity index (χ1v) is 6.15. The molecule has 2 aliphatic rings. The van der Waals surface area contributed by atoms with E-state index in [1.54, 1.807) is 0 Å². The van der Waals surface area contributed by atoms with Gasteiger partial charge in [-0.2, -0.15) is 5.26 Å². The van der Waals surface area contributed by atoms with Crippen LogP contribution in [0.15, 0.2) is 0 Å². The van der Waals surface area contributed by atoms with Crippen molar-refractivity contribution >= 4 is 0 Å². The molecule has 4 heteroatoms. The summed E-state index contributed by atoms with van der Waals surface area (Å²) >= 11 is 0. The number of piperidine rings is 1. The van der Waals surface area contributed by atoms with Gasteiger partial charge in [0, 0.05) is 26.1 Å². The van der Waals surface area contributed by atoms with Gasteiger partial charge in [0.25, 0.3) is 0 Å². The Morgan fingerprint density at radius 3 is 2.44 bits per heavy atom. The Hall–Kier alpha value is -0.300. The van der Waals surface area contributed by atoms with Crippen LogP contribution in [0, 0.1) is 22.7 Å². The van der Waals surface area contributed by atoms with Crippen LogP contribution in [0.5, 0.6) is 0 Å². The molecular formula is C12H21ClN2O. The zero-order valence-corrected chi connectivity index (χ0v) is 10.5. The minimum atomic E-state index is -0.00322. The quantitative estimate of drug-likeness (QED) is 0.593. The van der Waals surface area contributed by atoms with Crippen molar-refractivity contribution in [1.29, 1.82) is 5.26 Å². The molecule has 2 rings (SSSR count). The monoisotopic (exact) mass is 244 g/mol. The molecule has 0 aromatic rings. The van der Waals surface area contributed by atoms with Crippen LogP contribution < -0.4 is 17.7 Å². The third-order valence-corrected chi connectivity index (χ3v) is 3.91. The summed E-state index contributed by atoms with van der Waals surface area (Å²) in [7, 11) is 0. The SMILES string of the molecule is N#CC1(CC2CCOCC2)CC[NH2+]CC1.[Cl-]. The molecule has 2 N–H and O–H groups in total. The first-order chi connectivity index (χ1) is 7.35. The topological polar surface area (TPSA) is 49.6 Å². The van der Waals surface area contributed by atoms with Crippen molar-refractivity contribution in [2.75, 3.05) is 26.3 Å². The van der Waals surface area contributed by atoms with Crippen LogP contribution in [-0.2, 0) is 4.74 Å². The number of nitrogens with zero attached hydrogens (tertiary/aromatic N) is 1.